The van der Waals surface area contributed by atoms with Crippen molar-refractivity contribution in [2.75, 3.05) is 6.61 Å². The number of fused-ring (bicyclic) bond motifs is 3. The molecule has 0 spiro atoms. The zero-order chi connectivity index (χ0) is 19.7. The van der Waals surface area contributed by atoms with Gasteiger partial charge in [-0.25, -0.2) is 9.78 Å². The summed E-state index contributed by atoms with van der Waals surface area (Å²) >= 11 is 0. The van der Waals surface area contributed by atoms with Gasteiger partial charge in [0.05, 0.1) is 18.3 Å². The van der Waals surface area contributed by atoms with Crippen molar-refractivity contribution in [2.45, 2.75) is 12.6 Å². The van der Waals surface area contributed by atoms with Gasteiger partial charge in [0.15, 0.2) is 0 Å². The second-order valence-electron chi connectivity index (χ2n) is 6.56. The number of pyridine rings is 1. The lowest BCUT2D eigenvalue weighted by Gasteiger charge is -2.15. The number of carboxylic acids is 1. The number of aliphatic hydroxyl groups excluding tert-OH is 1. The summed E-state index contributed by atoms with van der Waals surface area (Å²) in [4.78, 5) is 15.3. The van der Waals surface area contributed by atoms with E-state index in [1.807, 2.05) is 41.0 Å². The summed E-state index contributed by atoms with van der Waals surface area (Å²) in [6.07, 6.45) is 0.746. The first-order valence-corrected chi connectivity index (χ1v) is 8.79. The van der Waals surface area contributed by atoms with Gasteiger partial charge in [-0.05, 0) is 24.3 Å². The number of hydrogen-bond acceptors (Lipinski definition) is 4. The molecule has 2 radical (unpaired) electrons. The topological polar surface area (TPSA) is 84.6 Å². The minimum Gasteiger partial charge on any atom is -0.491 e. The molecule has 0 saturated heterocycles. The third-order valence-electron chi connectivity index (χ3n) is 4.57. The van der Waals surface area contributed by atoms with Crippen LogP contribution in [0.25, 0.3) is 21.8 Å². The summed E-state index contributed by atoms with van der Waals surface area (Å²) in [6.45, 7) is 0.394. The van der Waals surface area contributed by atoms with Gasteiger partial charge in [-0.2, -0.15) is 0 Å². The minimum atomic E-state index is -1.09. The van der Waals surface area contributed by atoms with Crippen LogP contribution in [0.2, 0.25) is 0 Å². The molecule has 0 saturated carbocycles. The normalized spacial score (nSPS) is 12.3. The molecule has 28 heavy (non-hydrogen) atoms. The lowest BCUT2D eigenvalue weighted by atomic mass is 9.94. The van der Waals surface area contributed by atoms with E-state index in [0.29, 0.717) is 11.2 Å². The first-order valence-electron chi connectivity index (χ1n) is 8.79. The number of carboxylic acid groups (broad SMARTS) is 1. The van der Waals surface area contributed by atoms with Crippen LogP contribution in [-0.4, -0.2) is 46.3 Å². The number of carbonyl (C=O) groups is 1. The Kier molecular flexibility index (Phi) is 4.75. The monoisotopic (exact) mass is 372 g/mol. The third-order valence-corrected chi connectivity index (χ3v) is 4.57. The molecule has 2 N–H and O–H groups in total. The van der Waals surface area contributed by atoms with Crippen molar-refractivity contribution in [3.8, 4) is 5.75 Å². The fourth-order valence-electron chi connectivity index (χ4n) is 3.30. The summed E-state index contributed by atoms with van der Waals surface area (Å²) in [5.41, 5.74) is 2.10. The smallest absolute Gasteiger partial charge is 0.354 e. The van der Waals surface area contributed by atoms with Crippen LogP contribution in [0.15, 0.2) is 60.8 Å². The summed E-state index contributed by atoms with van der Waals surface area (Å²) in [7, 11) is 5.92. The SMILES string of the molecule is [B]c1ccc2c(c1)c1cc(C(=O)O)ncc1n2CC(O)COc1ccccc1. The van der Waals surface area contributed by atoms with E-state index in [4.69, 9.17) is 12.6 Å². The maximum Gasteiger partial charge on any atom is 0.354 e. The van der Waals surface area contributed by atoms with Crippen molar-refractivity contribution in [1.82, 2.24) is 9.55 Å². The Balaban J connectivity index is 1.69. The highest BCUT2D eigenvalue weighted by Crippen LogP contribution is 2.29. The number of rotatable bonds is 6. The van der Waals surface area contributed by atoms with Crippen LogP contribution in [0.1, 0.15) is 10.5 Å². The lowest BCUT2D eigenvalue weighted by Crippen LogP contribution is -2.23. The zero-order valence-corrected chi connectivity index (χ0v) is 14.9. The quantitative estimate of drug-likeness (QED) is 0.507. The molecule has 4 aromatic rings. The predicted octanol–water partition coefficient (Wildman–Crippen LogP) is 2.12. The van der Waals surface area contributed by atoms with Crippen LogP contribution in [0.3, 0.4) is 0 Å². The largest absolute Gasteiger partial charge is 0.491 e. The molecule has 1 atom stereocenters. The second-order valence-corrected chi connectivity index (χ2v) is 6.56. The minimum absolute atomic E-state index is 0.0399. The van der Waals surface area contributed by atoms with E-state index in [0.717, 1.165) is 21.8 Å². The first-order chi connectivity index (χ1) is 13.5. The average molecular weight is 372 g/mol. The van der Waals surface area contributed by atoms with Gasteiger partial charge in [-0.1, -0.05) is 35.8 Å². The number of hydrogen-bond donors (Lipinski definition) is 2. The number of ether oxygens (including phenoxy) is 1. The molecule has 0 aliphatic heterocycles. The standard InChI is InChI=1S/C21H17BN2O4/c22-13-6-7-19-16(8-13)17-9-18(21(26)27)23-10-20(17)24(19)11-14(25)12-28-15-4-2-1-3-5-15/h1-10,14,25H,11-12H2,(H,26,27). The maximum atomic E-state index is 11.3. The summed E-state index contributed by atoms with van der Waals surface area (Å²) < 4.78 is 7.54. The molecule has 0 fully saturated rings. The molecular formula is C21H17BN2O4. The van der Waals surface area contributed by atoms with E-state index in [1.165, 1.54) is 12.3 Å². The number of aliphatic hydroxyl groups is 1. The van der Waals surface area contributed by atoms with Gasteiger partial charge in [0.2, 0.25) is 0 Å². The van der Waals surface area contributed by atoms with Crippen molar-refractivity contribution in [1.29, 1.82) is 0 Å². The van der Waals surface area contributed by atoms with Gasteiger partial charge in [0, 0.05) is 16.3 Å². The van der Waals surface area contributed by atoms with Crippen LogP contribution >= 0.6 is 0 Å². The summed E-state index contributed by atoms with van der Waals surface area (Å²) in [5, 5.41) is 21.3. The van der Waals surface area contributed by atoms with Gasteiger partial charge >= 0.3 is 5.97 Å². The highest BCUT2D eigenvalue weighted by Gasteiger charge is 2.17. The molecule has 7 heteroatoms. The van der Waals surface area contributed by atoms with Crippen LogP contribution < -0.4 is 10.2 Å². The Morgan fingerprint density at radius 2 is 1.86 bits per heavy atom. The molecular weight excluding hydrogens is 355 g/mol. The summed E-state index contributed by atoms with van der Waals surface area (Å²) in [6, 6.07) is 16.2. The number of benzene rings is 2. The first kappa shape index (κ1) is 18.1. The number of aromatic carboxylic acids is 1. The van der Waals surface area contributed by atoms with Crippen molar-refractivity contribution in [2.24, 2.45) is 0 Å². The molecule has 4 rings (SSSR count). The van der Waals surface area contributed by atoms with E-state index in [-0.39, 0.29) is 18.8 Å². The van der Waals surface area contributed by atoms with E-state index < -0.39 is 12.1 Å². The molecule has 0 amide bonds. The Labute approximate surface area is 162 Å². The van der Waals surface area contributed by atoms with Crippen molar-refractivity contribution >= 4 is 41.1 Å². The van der Waals surface area contributed by atoms with Crippen LogP contribution in [0, 0.1) is 0 Å². The zero-order valence-electron chi connectivity index (χ0n) is 14.9. The van der Waals surface area contributed by atoms with Gasteiger partial charge in [0.1, 0.15) is 32.0 Å². The fourth-order valence-corrected chi connectivity index (χ4v) is 3.30. The Hall–Kier alpha value is -3.32. The Bertz CT molecular complexity index is 1160. The van der Waals surface area contributed by atoms with E-state index in [1.54, 1.807) is 12.1 Å². The van der Waals surface area contributed by atoms with Gasteiger partial charge in [0.25, 0.3) is 0 Å². The van der Waals surface area contributed by atoms with E-state index >= 15 is 0 Å². The molecule has 2 aromatic carbocycles. The van der Waals surface area contributed by atoms with Crippen LogP contribution in [0.5, 0.6) is 5.75 Å². The lowest BCUT2D eigenvalue weighted by molar-refractivity contribution is 0.0690. The molecule has 2 heterocycles. The van der Waals surface area contributed by atoms with E-state index in [2.05, 4.69) is 4.98 Å². The van der Waals surface area contributed by atoms with Crippen molar-refractivity contribution in [3.05, 3.63) is 66.5 Å². The predicted molar refractivity (Wildman–Crippen MR) is 108 cm³/mol. The maximum absolute atomic E-state index is 11.3. The highest BCUT2D eigenvalue weighted by atomic mass is 16.5. The molecule has 6 nitrogen and oxygen atoms in total. The van der Waals surface area contributed by atoms with Crippen LogP contribution in [-0.2, 0) is 6.54 Å². The summed E-state index contributed by atoms with van der Waals surface area (Å²) in [5.74, 6) is -0.410. The molecule has 138 valence electrons. The molecule has 0 aliphatic carbocycles. The highest BCUT2D eigenvalue weighted by molar-refractivity contribution is 6.33. The fraction of sp³-hybridized carbons (Fsp3) is 0.143. The van der Waals surface area contributed by atoms with Gasteiger partial charge in [-0.15, -0.1) is 0 Å². The van der Waals surface area contributed by atoms with Crippen molar-refractivity contribution < 1.29 is 19.7 Å². The molecule has 1 unspecified atom stereocenters. The second kappa shape index (κ2) is 7.36. The van der Waals surface area contributed by atoms with Gasteiger partial charge < -0.3 is 19.5 Å². The number of nitrogens with zero attached hydrogens (tertiary/aromatic N) is 2. The van der Waals surface area contributed by atoms with Crippen LogP contribution in [0.4, 0.5) is 0 Å². The van der Waals surface area contributed by atoms with Gasteiger partial charge in [-0.3, -0.25) is 0 Å². The average Bonchev–Trinajstić information content (AvgIpc) is 2.99. The van der Waals surface area contributed by atoms with Crippen molar-refractivity contribution in [3.63, 3.8) is 0 Å². The van der Waals surface area contributed by atoms with E-state index in [9.17, 15) is 15.0 Å². The Morgan fingerprint density at radius 3 is 2.61 bits per heavy atom. The number of para-hydroxylation sites is 1. The molecule has 2 aromatic heterocycles. The molecule has 0 aliphatic rings. The molecule has 0 bridgehead atoms. The Morgan fingerprint density at radius 1 is 1.11 bits per heavy atom. The third kappa shape index (κ3) is 3.44. The number of aromatic nitrogens is 2.